The number of hydrogen-bond donors (Lipinski definition) is 1. The molecule has 0 radical (unpaired) electrons. The molecule has 5 heteroatoms. The third kappa shape index (κ3) is 2.34. The number of sulfonamides is 1. The van der Waals surface area contributed by atoms with Crippen molar-refractivity contribution in [1.82, 2.24) is 9.62 Å². The lowest BCUT2D eigenvalue weighted by Crippen LogP contribution is -2.62. The van der Waals surface area contributed by atoms with Crippen molar-refractivity contribution in [1.29, 1.82) is 0 Å². The van der Waals surface area contributed by atoms with Crippen molar-refractivity contribution in [2.45, 2.75) is 44.9 Å². The third-order valence-electron chi connectivity index (χ3n) is 2.79. The molecule has 0 bridgehead atoms. The van der Waals surface area contributed by atoms with Crippen LogP contribution >= 0.6 is 0 Å². The van der Waals surface area contributed by atoms with Crippen LogP contribution in [0.2, 0.25) is 0 Å². The zero-order valence-electron chi connectivity index (χ0n) is 10.3. The lowest BCUT2D eigenvalue weighted by molar-refractivity contribution is 0.182. The van der Waals surface area contributed by atoms with Crippen molar-refractivity contribution in [3.63, 3.8) is 0 Å². The van der Waals surface area contributed by atoms with Crippen molar-refractivity contribution < 1.29 is 8.42 Å². The first-order valence-electron chi connectivity index (χ1n) is 5.32. The topological polar surface area (TPSA) is 49.4 Å². The summed E-state index contributed by atoms with van der Waals surface area (Å²) in [5.41, 5.74) is -0.329. The van der Waals surface area contributed by atoms with E-state index in [9.17, 15) is 8.42 Å². The largest absolute Gasteiger partial charge is 0.314 e. The zero-order chi connectivity index (χ0) is 11.9. The number of rotatable bonds is 1. The Morgan fingerprint density at radius 3 is 2.20 bits per heavy atom. The fraction of sp³-hybridized carbons (Fsp3) is 1.00. The van der Waals surface area contributed by atoms with Crippen molar-refractivity contribution in [3.05, 3.63) is 0 Å². The van der Waals surface area contributed by atoms with Crippen LogP contribution in [0.4, 0.5) is 0 Å². The number of piperazine rings is 1. The minimum Gasteiger partial charge on any atom is -0.314 e. The number of nitrogens with zero attached hydrogens (tertiary/aromatic N) is 1. The van der Waals surface area contributed by atoms with Gasteiger partial charge in [0.2, 0.25) is 10.0 Å². The van der Waals surface area contributed by atoms with Gasteiger partial charge >= 0.3 is 0 Å². The Morgan fingerprint density at radius 1 is 1.27 bits per heavy atom. The molecular formula is C10H22N2O2S. The summed E-state index contributed by atoms with van der Waals surface area (Å²) in [5, 5.41) is 3.22. The summed E-state index contributed by atoms with van der Waals surface area (Å²) in [4.78, 5) is 0. The van der Waals surface area contributed by atoms with Gasteiger partial charge in [-0.25, -0.2) is 8.42 Å². The van der Waals surface area contributed by atoms with Crippen LogP contribution in [0.3, 0.4) is 0 Å². The fourth-order valence-electron chi connectivity index (χ4n) is 1.74. The predicted molar refractivity (Wildman–Crippen MR) is 62.3 cm³/mol. The van der Waals surface area contributed by atoms with Gasteiger partial charge < -0.3 is 5.32 Å². The molecule has 1 heterocycles. The maximum atomic E-state index is 12.3. The molecule has 1 rings (SSSR count). The molecule has 0 spiro atoms. The second-order valence-corrected chi connectivity index (χ2v) is 8.29. The summed E-state index contributed by atoms with van der Waals surface area (Å²) in [7, 11) is -3.21. The van der Waals surface area contributed by atoms with Crippen molar-refractivity contribution in [3.8, 4) is 0 Å². The van der Waals surface area contributed by atoms with Crippen LogP contribution in [-0.2, 0) is 10.0 Å². The molecule has 1 saturated heterocycles. The highest BCUT2D eigenvalue weighted by atomic mass is 32.2. The maximum absolute atomic E-state index is 12.3. The quantitative estimate of drug-likeness (QED) is 0.730. The second-order valence-electron chi connectivity index (χ2n) is 5.68. The first kappa shape index (κ1) is 12.9. The maximum Gasteiger partial charge on any atom is 0.219 e. The average molecular weight is 234 g/mol. The van der Waals surface area contributed by atoms with Crippen LogP contribution in [0, 0.1) is 0 Å². The molecule has 1 N–H and O–H groups in total. The summed E-state index contributed by atoms with van der Waals surface area (Å²) in [6.45, 7) is 11.2. The van der Waals surface area contributed by atoms with Crippen LogP contribution < -0.4 is 5.32 Å². The fourth-order valence-corrected chi connectivity index (χ4v) is 3.45. The van der Waals surface area contributed by atoms with E-state index in [1.54, 1.807) is 25.1 Å². The summed E-state index contributed by atoms with van der Waals surface area (Å²) < 4.78 is 25.6. The highest BCUT2D eigenvalue weighted by Gasteiger charge is 2.43. The van der Waals surface area contributed by atoms with E-state index in [1.807, 2.05) is 13.8 Å². The van der Waals surface area contributed by atoms with E-state index < -0.39 is 14.8 Å². The molecule has 1 aliphatic heterocycles. The van der Waals surface area contributed by atoms with Gasteiger partial charge in [-0.3, -0.25) is 0 Å². The molecule has 1 aliphatic rings. The molecule has 0 aromatic rings. The van der Waals surface area contributed by atoms with Crippen molar-refractivity contribution in [2.24, 2.45) is 0 Å². The van der Waals surface area contributed by atoms with E-state index in [0.29, 0.717) is 13.1 Å². The SMILES string of the molecule is CC1(C)CNCCN1S(=O)(=O)C(C)(C)C. The van der Waals surface area contributed by atoms with E-state index in [-0.39, 0.29) is 5.54 Å². The molecule has 15 heavy (non-hydrogen) atoms. The van der Waals surface area contributed by atoms with Gasteiger partial charge in [0.25, 0.3) is 0 Å². The highest BCUT2D eigenvalue weighted by molar-refractivity contribution is 7.90. The van der Waals surface area contributed by atoms with Gasteiger partial charge in [0.05, 0.1) is 4.75 Å². The first-order chi connectivity index (χ1) is 6.59. The highest BCUT2D eigenvalue weighted by Crippen LogP contribution is 2.28. The molecule has 1 fully saturated rings. The van der Waals surface area contributed by atoms with E-state index in [4.69, 9.17) is 0 Å². The molecular weight excluding hydrogens is 212 g/mol. The summed E-state index contributed by atoms with van der Waals surface area (Å²) >= 11 is 0. The lowest BCUT2D eigenvalue weighted by atomic mass is 10.0. The molecule has 90 valence electrons. The molecule has 0 unspecified atom stereocenters. The van der Waals surface area contributed by atoms with Crippen LogP contribution in [0.1, 0.15) is 34.6 Å². The molecule has 0 aromatic heterocycles. The molecule has 0 atom stereocenters. The van der Waals surface area contributed by atoms with Crippen LogP contribution in [-0.4, -0.2) is 42.6 Å². The molecule has 0 saturated carbocycles. The summed E-state index contributed by atoms with van der Waals surface area (Å²) in [6.07, 6.45) is 0. The molecule has 4 nitrogen and oxygen atoms in total. The lowest BCUT2D eigenvalue weighted by Gasteiger charge is -2.44. The minimum atomic E-state index is -3.21. The first-order valence-corrected chi connectivity index (χ1v) is 6.76. The van der Waals surface area contributed by atoms with Crippen LogP contribution in [0.15, 0.2) is 0 Å². The van der Waals surface area contributed by atoms with Gasteiger partial charge in [-0.2, -0.15) is 4.31 Å². The second kappa shape index (κ2) is 3.71. The Hall–Kier alpha value is -0.130. The van der Waals surface area contributed by atoms with Crippen LogP contribution in [0.25, 0.3) is 0 Å². The smallest absolute Gasteiger partial charge is 0.219 e. The molecule has 0 aliphatic carbocycles. The van der Waals surface area contributed by atoms with Gasteiger partial charge in [0.1, 0.15) is 0 Å². The third-order valence-corrected chi connectivity index (χ3v) is 5.59. The number of nitrogens with one attached hydrogen (secondary N) is 1. The van der Waals surface area contributed by atoms with Gasteiger partial charge in [0.15, 0.2) is 0 Å². The molecule has 0 amide bonds. The average Bonchev–Trinajstić information content (AvgIpc) is 2.00. The monoisotopic (exact) mass is 234 g/mol. The van der Waals surface area contributed by atoms with Crippen molar-refractivity contribution >= 4 is 10.0 Å². The Kier molecular flexibility index (Phi) is 3.20. The van der Waals surface area contributed by atoms with Gasteiger partial charge in [0, 0.05) is 25.2 Å². The van der Waals surface area contributed by atoms with E-state index in [2.05, 4.69) is 5.32 Å². The summed E-state index contributed by atoms with van der Waals surface area (Å²) in [5.74, 6) is 0. The Labute approximate surface area is 93.1 Å². The number of hydrogen-bond acceptors (Lipinski definition) is 3. The van der Waals surface area contributed by atoms with Crippen molar-refractivity contribution in [2.75, 3.05) is 19.6 Å². The summed E-state index contributed by atoms with van der Waals surface area (Å²) in [6, 6.07) is 0. The van der Waals surface area contributed by atoms with E-state index in [0.717, 1.165) is 6.54 Å². The predicted octanol–water partition coefficient (Wildman–Crippen LogP) is 0.798. The normalized spacial score (nSPS) is 24.1. The van der Waals surface area contributed by atoms with Crippen LogP contribution in [0.5, 0.6) is 0 Å². The Balaban J connectivity index is 3.06. The van der Waals surface area contributed by atoms with Gasteiger partial charge in [-0.05, 0) is 34.6 Å². The standard InChI is InChI=1S/C10H22N2O2S/c1-9(2,3)15(13,14)12-7-6-11-8-10(12,4)5/h11H,6-8H2,1-5H3. The zero-order valence-corrected chi connectivity index (χ0v) is 11.1. The van der Waals surface area contributed by atoms with Gasteiger partial charge in [-0.1, -0.05) is 0 Å². The minimum absolute atomic E-state index is 0.329. The van der Waals surface area contributed by atoms with E-state index >= 15 is 0 Å². The van der Waals surface area contributed by atoms with Gasteiger partial charge in [-0.15, -0.1) is 0 Å². The Bertz CT molecular complexity index is 328. The van der Waals surface area contributed by atoms with E-state index in [1.165, 1.54) is 0 Å². The molecule has 0 aromatic carbocycles. The Morgan fingerprint density at radius 2 is 1.80 bits per heavy atom.